The molecule has 0 saturated carbocycles. The van der Waals surface area contributed by atoms with Crippen LogP contribution in [0.15, 0.2) is 28.6 Å². The van der Waals surface area contributed by atoms with Crippen LogP contribution in [0.4, 0.5) is 0 Å². The lowest BCUT2D eigenvalue weighted by molar-refractivity contribution is -0.118. The number of para-hydroxylation sites is 1. The molecule has 0 aliphatic heterocycles. The molecular weight excluding hydrogens is 312 g/mol. The molecule has 20 heavy (non-hydrogen) atoms. The number of amides is 1. The molecular formula is C13H16N2O2S3. The average molecular weight is 328 g/mol. The first-order chi connectivity index (χ1) is 9.65. The Morgan fingerprint density at radius 3 is 3.00 bits per heavy atom. The SMILES string of the molecule is C[S@@](=O)CCCNC(=O)CSc1nc2ccccc2s1. The molecule has 0 fully saturated rings. The number of benzene rings is 1. The van der Waals surface area contributed by atoms with E-state index in [2.05, 4.69) is 10.3 Å². The molecule has 4 nitrogen and oxygen atoms in total. The van der Waals surface area contributed by atoms with Gasteiger partial charge in [-0.05, 0) is 18.6 Å². The van der Waals surface area contributed by atoms with E-state index < -0.39 is 10.8 Å². The molecule has 1 atom stereocenters. The number of thioether (sulfide) groups is 1. The summed E-state index contributed by atoms with van der Waals surface area (Å²) >= 11 is 3.06. The van der Waals surface area contributed by atoms with Crippen molar-refractivity contribution in [2.75, 3.05) is 24.3 Å². The van der Waals surface area contributed by atoms with E-state index >= 15 is 0 Å². The van der Waals surface area contributed by atoms with Crippen LogP contribution in [-0.4, -0.2) is 39.4 Å². The van der Waals surface area contributed by atoms with Gasteiger partial charge in [0.15, 0.2) is 4.34 Å². The van der Waals surface area contributed by atoms with E-state index in [1.165, 1.54) is 11.8 Å². The number of hydrogen-bond acceptors (Lipinski definition) is 5. The number of thiazole rings is 1. The molecule has 7 heteroatoms. The zero-order chi connectivity index (χ0) is 14.4. The lowest BCUT2D eigenvalue weighted by Gasteiger charge is -2.02. The minimum Gasteiger partial charge on any atom is -0.355 e. The minimum absolute atomic E-state index is 0.00357. The van der Waals surface area contributed by atoms with Crippen LogP contribution in [-0.2, 0) is 15.6 Å². The van der Waals surface area contributed by atoms with E-state index in [4.69, 9.17) is 0 Å². The highest BCUT2D eigenvalue weighted by atomic mass is 32.2. The monoisotopic (exact) mass is 328 g/mol. The summed E-state index contributed by atoms with van der Waals surface area (Å²) in [4.78, 5) is 16.1. The van der Waals surface area contributed by atoms with Crippen LogP contribution in [0.3, 0.4) is 0 Å². The molecule has 2 aromatic rings. The van der Waals surface area contributed by atoms with Crippen molar-refractivity contribution < 1.29 is 9.00 Å². The Hall–Kier alpha value is -0.920. The van der Waals surface area contributed by atoms with Gasteiger partial charge in [-0.1, -0.05) is 23.9 Å². The Labute approximate surface area is 128 Å². The molecule has 0 radical (unpaired) electrons. The lowest BCUT2D eigenvalue weighted by Crippen LogP contribution is -2.26. The highest BCUT2D eigenvalue weighted by molar-refractivity contribution is 8.01. The van der Waals surface area contributed by atoms with Crippen LogP contribution < -0.4 is 5.32 Å². The van der Waals surface area contributed by atoms with Crippen LogP contribution in [0.25, 0.3) is 10.2 Å². The Balaban J connectivity index is 1.74. The molecule has 108 valence electrons. The first-order valence-corrected chi connectivity index (χ1v) is 9.73. The largest absolute Gasteiger partial charge is 0.355 e. The lowest BCUT2D eigenvalue weighted by atomic mass is 10.3. The van der Waals surface area contributed by atoms with Crippen LogP contribution >= 0.6 is 23.1 Å². The van der Waals surface area contributed by atoms with Crippen molar-refractivity contribution in [3.63, 3.8) is 0 Å². The topological polar surface area (TPSA) is 59.1 Å². The molecule has 0 aliphatic carbocycles. The van der Waals surface area contributed by atoms with E-state index in [1.54, 1.807) is 17.6 Å². The molecule has 1 N–H and O–H groups in total. The third kappa shape index (κ3) is 4.88. The third-order valence-electron chi connectivity index (χ3n) is 2.53. The van der Waals surface area contributed by atoms with Crippen molar-refractivity contribution in [2.45, 2.75) is 10.8 Å². The van der Waals surface area contributed by atoms with Crippen LogP contribution in [0.2, 0.25) is 0 Å². The summed E-state index contributed by atoms with van der Waals surface area (Å²) in [5, 5.41) is 2.82. The average Bonchev–Trinajstić information content (AvgIpc) is 2.84. The van der Waals surface area contributed by atoms with Crippen molar-refractivity contribution >= 4 is 50.0 Å². The number of carbonyl (C=O) groups is 1. The summed E-state index contributed by atoms with van der Waals surface area (Å²) in [5.74, 6) is 0.997. The maximum Gasteiger partial charge on any atom is 0.230 e. The second-order valence-electron chi connectivity index (χ2n) is 4.22. The zero-order valence-corrected chi connectivity index (χ0v) is 13.6. The fraction of sp³-hybridized carbons (Fsp3) is 0.385. The molecule has 0 aliphatic rings. The van der Waals surface area contributed by atoms with Gasteiger partial charge >= 0.3 is 0 Å². The highest BCUT2D eigenvalue weighted by Gasteiger charge is 2.07. The summed E-state index contributed by atoms with van der Waals surface area (Å²) in [7, 11) is -0.788. The fourth-order valence-corrected chi connectivity index (χ4v) is 4.04. The Kier molecular flexibility index (Phi) is 6.00. The summed E-state index contributed by atoms with van der Waals surface area (Å²) in [6, 6.07) is 7.95. The molecule has 0 bridgehead atoms. The van der Waals surface area contributed by atoms with Crippen molar-refractivity contribution in [1.82, 2.24) is 10.3 Å². The van der Waals surface area contributed by atoms with Crippen molar-refractivity contribution in [3.8, 4) is 0 Å². The maximum absolute atomic E-state index is 11.6. The van der Waals surface area contributed by atoms with Gasteiger partial charge in [0.25, 0.3) is 0 Å². The number of fused-ring (bicyclic) bond motifs is 1. The zero-order valence-electron chi connectivity index (χ0n) is 11.1. The van der Waals surface area contributed by atoms with Gasteiger partial charge < -0.3 is 5.32 Å². The van der Waals surface area contributed by atoms with Gasteiger partial charge in [0.2, 0.25) is 5.91 Å². The normalized spacial score (nSPS) is 12.4. The number of aromatic nitrogens is 1. The van der Waals surface area contributed by atoms with Crippen LogP contribution in [0.1, 0.15) is 6.42 Å². The van der Waals surface area contributed by atoms with Gasteiger partial charge in [0.05, 0.1) is 16.0 Å². The second kappa shape index (κ2) is 7.75. The quantitative estimate of drug-likeness (QED) is 0.626. The number of nitrogens with one attached hydrogen (secondary N) is 1. The third-order valence-corrected chi connectivity index (χ3v) is 5.57. The molecule has 1 aromatic carbocycles. The van der Waals surface area contributed by atoms with Gasteiger partial charge in [0, 0.05) is 29.4 Å². The summed E-state index contributed by atoms with van der Waals surface area (Å²) < 4.78 is 12.9. The summed E-state index contributed by atoms with van der Waals surface area (Å²) in [6.45, 7) is 0.582. The number of nitrogens with zero attached hydrogens (tertiary/aromatic N) is 1. The number of carbonyl (C=O) groups excluding carboxylic acids is 1. The predicted octanol–water partition coefficient (Wildman–Crippen LogP) is 2.27. The van der Waals surface area contributed by atoms with Crippen LogP contribution in [0, 0.1) is 0 Å². The van der Waals surface area contributed by atoms with Crippen molar-refractivity contribution in [2.24, 2.45) is 0 Å². The van der Waals surface area contributed by atoms with Crippen molar-refractivity contribution in [1.29, 1.82) is 0 Å². The minimum atomic E-state index is -0.788. The van der Waals surface area contributed by atoms with Gasteiger partial charge in [-0.15, -0.1) is 11.3 Å². The van der Waals surface area contributed by atoms with E-state index in [9.17, 15) is 9.00 Å². The first kappa shape index (κ1) is 15.5. The Morgan fingerprint density at radius 1 is 1.45 bits per heavy atom. The van der Waals surface area contributed by atoms with E-state index in [1.807, 2.05) is 24.3 Å². The molecule has 0 saturated heterocycles. The van der Waals surface area contributed by atoms with Crippen LogP contribution in [0.5, 0.6) is 0 Å². The van der Waals surface area contributed by atoms with Gasteiger partial charge in [-0.2, -0.15) is 0 Å². The van der Waals surface area contributed by atoms with Gasteiger partial charge in [0.1, 0.15) is 0 Å². The number of hydrogen-bond donors (Lipinski definition) is 1. The highest BCUT2D eigenvalue weighted by Crippen LogP contribution is 2.28. The molecule has 1 aromatic heterocycles. The van der Waals surface area contributed by atoms with E-state index in [0.29, 0.717) is 18.1 Å². The maximum atomic E-state index is 11.6. The van der Waals surface area contributed by atoms with E-state index in [0.717, 1.165) is 21.0 Å². The van der Waals surface area contributed by atoms with Gasteiger partial charge in [-0.3, -0.25) is 9.00 Å². The van der Waals surface area contributed by atoms with Gasteiger partial charge in [-0.25, -0.2) is 4.98 Å². The van der Waals surface area contributed by atoms with Crippen molar-refractivity contribution in [3.05, 3.63) is 24.3 Å². The standard InChI is InChI=1S/C13H16N2O2S3/c1-20(17)8-4-7-14-12(16)9-18-13-15-10-5-2-3-6-11(10)19-13/h2-3,5-6H,4,7-9H2,1H3,(H,14,16)/t20-/m1/s1. The fourth-order valence-electron chi connectivity index (χ4n) is 1.59. The molecule has 1 amide bonds. The Bertz CT molecular complexity index is 579. The summed E-state index contributed by atoms with van der Waals surface area (Å²) in [5.41, 5.74) is 0.978. The molecule has 0 unspecified atom stereocenters. The molecule has 1 heterocycles. The Morgan fingerprint density at radius 2 is 2.25 bits per heavy atom. The smallest absolute Gasteiger partial charge is 0.230 e. The second-order valence-corrected chi connectivity index (χ2v) is 8.02. The molecule has 0 spiro atoms. The first-order valence-electron chi connectivity index (χ1n) is 6.20. The summed E-state index contributed by atoms with van der Waals surface area (Å²) in [6.07, 6.45) is 2.42. The van der Waals surface area contributed by atoms with E-state index in [-0.39, 0.29) is 5.91 Å². The predicted molar refractivity (Wildman–Crippen MR) is 86.9 cm³/mol. The number of rotatable bonds is 7. The molecule has 2 rings (SSSR count).